The van der Waals surface area contributed by atoms with Gasteiger partial charge < -0.3 is 10.4 Å². The predicted molar refractivity (Wildman–Crippen MR) is 54.5 cm³/mol. The van der Waals surface area contributed by atoms with E-state index in [1.54, 1.807) is 0 Å². The molecule has 1 rings (SSSR count). The van der Waals surface area contributed by atoms with Gasteiger partial charge in [-0.2, -0.15) is 4.37 Å². The molecule has 0 fully saturated rings. The highest BCUT2D eigenvalue weighted by Crippen LogP contribution is 2.12. The van der Waals surface area contributed by atoms with Crippen LogP contribution in [0.15, 0.2) is 6.33 Å². The SMILES string of the molecule is CCCCC(Nc1ncns1)C(=O)O. The molecule has 0 aliphatic rings. The van der Waals surface area contributed by atoms with Gasteiger partial charge in [0, 0.05) is 11.5 Å². The van der Waals surface area contributed by atoms with Crippen molar-refractivity contribution in [2.24, 2.45) is 0 Å². The Morgan fingerprint density at radius 1 is 1.79 bits per heavy atom. The number of rotatable bonds is 6. The summed E-state index contributed by atoms with van der Waals surface area (Å²) in [6.07, 6.45) is 3.90. The Balaban J connectivity index is 2.47. The zero-order chi connectivity index (χ0) is 10.4. The molecule has 2 N–H and O–H groups in total. The summed E-state index contributed by atoms with van der Waals surface area (Å²) in [6, 6.07) is -0.553. The van der Waals surface area contributed by atoms with Crippen molar-refractivity contribution in [1.82, 2.24) is 9.36 Å². The smallest absolute Gasteiger partial charge is 0.326 e. The molecule has 0 radical (unpaired) electrons. The van der Waals surface area contributed by atoms with Crippen molar-refractivity contribution in [1.29, 1.82) is 0 Å². The lowest BCUT2D eigenvalue weighted by Crippen LogP contribution is -2.28. The molecule has 0 aliphatic heterocycles. The first-order valence-electron chi connectivity index (χ1n) is 4.50. The summed E-state index contributed by atoms with van der Waals surface area (Å²) in [5.74, 6) is -0.839. The van der Waals surface area contributed by atoms with Crippen LogP contribution in [-0.2, 0) is 4.79 Å². The zero-order valence-electron chi connectivity index (χ0n) is 7.93. The third kappa shape index (κ3) is 3.29. The summed E-state index contributed by atoms with van der Waals surface area (Å²) >= 11 is 1.17. The Bertz CT molecular complexity index is 276. The predicted octanol–water partition coefficient (Wildman–Crippen LogP) is 1.59. The third-order valence-electron chi connectivity index (χ3n) is 1.80. The zero-order valence-corrected chi connectivity index (χ0v) is 8.75. The lowest BCUT2D eigenvalue weighted by molar-refractivity contribution is -0.138. The number of carbonyl (C=O) groups is 1. The summed E-state index contributed by atoms with van der Waals surface area (Å²) in [5, 5.41) is 12.3. The average molecular weight is 215 g/mol. The fourth-order valence-corrected chi connectivity index (χ4v) is 1.53. The number of nitrogens with zero attached hydrogens (tertiary/aromatic N) is 2. The van der Waals surface area contributed by atoms with Crippen molar-refractivity contribution in [3.05, 3.63) is 6.33 Å². The minimum Gasteiger partial charge on any atom is -0.480 e. The lowest BCUT2D eigenvalue weighted by atomic mass is 10.1. The third-order valence-corrected chi connectivity index (χ3v) is 2.40. The highest BCUT2D eigenvalue weighted by atomic mass is 32.1. The van der Waals surface area contributed by atoms with E-state index in [-0.39, 0.29) is 0 Å². The molecular weight excluding hydrogens is 202 g/mol. The van der Waals surface area contributed by atoms with Crippen molar-refractivity contribution in [3.63, 3.8) is 0 Å². The topological polar surface area (TPSA) is 75.1 Å². The molecule has 1 unspecified atom stereocenters. The highest BCUT2D eigenvalue weighted by molar-refractivity contribution is 7.09. The number of carboxylic acid groups (broad SMARTS) is 1. The van der Waals surface area contributed by atoms with E-state index in [4.69, 9.17) is 5.11 Å². The van der Waals surface area contributed by atoms with Gasteiger partial charge in [0.15, 0.2) is 0 Å². The summed E-state index contributed by atoms with van der Waals surface area (Å²) in [7, 11) is 0. The lowest BCUT2D eigenvalue weighted by Gasteiger charge is -2.11. The molecule has 1 heterocycles. The van der Waals surface area contributed by atoms with Crippen LogP contribution < -0.4 is 5.32 Å². The Morgan fingerprint density at radius 3 is 3.07 bits per heavy atom. The molecule has 6 heteroatoms. The van der Waals surface area contributed by atoms with Crippen LogP contribution in [0.3, 0.4) is 0 Å². The molecule has 1 atom stereocenters. The minimum absolute atomic E-state index is 0.553. The largest absolute Gasteiger partial charge is 0.480 e. The standard InChI is InChI=1S/C8H13N3O2S/c1-2-3-4-6(7(12)13)11-8-9-5-10-14-8/h5-6H,2-4H2,1H3,(H,12,13)(H,9,10,11). The van der Waals surface area contributed by atoms with Crippen molar-refractivity contribution in [3.8, 4) is 0 Å². The number of unbranched alkanes of at least 4 members (excludes halogenated alkanes) is 1. The van der Waals surface area contributed by atoms with Crippen LogP contribution in [0.4, 0.5) is 5.13 Å². The summed E-state index contributed by atoms with van der Waals surface area (Å²) in [4.78, 5) is 14.7. The molecule has 78 valence electrons. The van der Waals surface area contributed by atoms with Gasteiger partial charge >= 0.3 is 5.97 Å². The Hall–Kier alpha value is -1.17. The van der Waals surface area contributed by atoms with Gasteiger partial charge in [-0.1, -0.05) is 19.8 Å². The number of carboxylic acids is 1. The molecular formula is C8H13N3O2S. The second-order valence-corrected chi connectivity index (χ2v) is 3.70. The second kappa shape index (κ2) is 5.54. The van der Waals surface area contributed by atoms with Crippen LogP contribution in [0, 0.1) is 0 Å². The molecule has 14 heavy (non-hydrogen) atoms. The van der Waals surface area contributed by atoms with Crippen molar-refractivity contribution in [2.45, 2.75) is 32.2 Å². The molecule has 0 aromatic carbocycles. The summed E-state index contributed by atoms with van der Waals surface area (Å²) in [5.41, 5.74) is 0. The highest BCUT2D eigenvalue weighted by Gasteiger charge is 2.17. The maximum Gasteiger partial charge on any atom is 0.326 e. The first kappa shape index (κ1) is 10.9. The first-order valence-corrected chi connectivity index (χ1v) is 5.27. The normalized spacial score (nSPS) is 12.4. The van der Waals surface area contributed by atoms with E-state index in [9.17, 15) is 4.79 Å². The van der Waals surface area contributed by atoms with Crippen molar-refractivity contribution in [2.75, 3.05) is 5.32 Å². The molecule has 0 bridgehead atoms. The molecule has 1 aromatic heterocycles. The van der Waals surface area contributed by atoms with E-state index < -0.39 is 12.0 Å². The van der Waals surface area contributed by atoms with E-state index >= 15 is 0 Å². The van der Waals surface area contributed by atoms with Gasteiger partial charge in [-0.15, -0.1) is 0 Å². The van der Waals surface area contributed by atoms with Crippen LogP contribution >= 0.6 is 11.5 Å². The number of anilines is 1. The van der Waals surface area contributed by atoms with Crippen LogP contribution in [0.5, 0.6) is 0 Å². The average Bonchev–Trinajstić information content (AvgIpc) is 2.64. The molecule has 0 saturated heterocycles. The first-order chi connectivity index (χ1) is 6.74. The fourth-order valence-electron chi connectivity index (χ4n) is 1.05. The molecule has 0 amide bonds. The van der Waals surface area contributed by atoms with Gasteiger partial charge in [-0.05, 0) is 6.42 Å². The second-order valence-electron chi connectivity index (χ2n) is 2.92. The maximum atomic E-state index is 10.8. The molecule has 5 nitrogen and oxygen atoms in total. The molecule has 0 spiro atoms. The molecule has 1 aromatic rings. The Labute approximate surface area is 86.3 Å². The molecule has 0 saturated carbocycles. The van der Waals surface area contributed by atoms with E-state index in [0.29, 0.717) is 11.6 Å². The minimum atomic E-state index is -0.839. The van der Waals surface area contributed by atoms with Crippen molar-refractivity contribution < 1.29 is 9.90 Å². The summed E-state index contributed by atoms with van der Waals surface area (Å²) < 4.78 is 3.79. The van der Waals surface area contributed by atoms with Gasteiger partial charge in [0.25, 0.3) is 0 Å². The van der Waals surface area contributed by atoms with E-state index in [0.717, 1.165) is 12.8 Å². The van der Waals surface area contributed by atoms with Crippen LogP contribution in [0.25, 0.3) is 0 Å². The monoisotopic (exact) mass is 215 g/mol. The van der Waals surface area contributed by atoms with Gasteiger partial charge in [0.1, 0.15) is 12.4 Å². The maximum absolute atomic E-state index is 10.8. The Morgan fingerprint density at radius 2 is 2.57 bits per heavy atom. The Kier molecular flexibility index (Phi) is 4.31. The van der Waals surface area contributed by atoms with E-state index in [1.165, 1.54) is 17.9 Å². The van der Waals surface area contributed by atoms with Crippen molar-refractivity contribution >= 4 is 22.6 Å². The number of nitrogens with one attached hydrogen (secondary N) is 1. The van der Waals surface area contributed by atoms with Crippen LogP contribution in [-0.4, -0.2) is 26.5 Å². The number of hydrogen-bond acceptors (Lipinski definition) is 5. The van der Waals surface area contributed by atoms with Gasteiger partial charge in [-0.3, -0.25) is 0 Å². The fraction of sp³-hybridized carbons (Fsp3) is 0.625. The number of aromatic nitrogens is 2. The van der Waals surface area contributed by atoms with E-state index in [1.807, 2.05) is 6.92 Å². The van der Waals surface area contributed by atoms with Gasteiger partial charge in [0.05, 0.1) is 0 Å². The van der Waals surface area contributed by atoms with E-state index in [2.05, 4.69) is 14.7 Å². The number of aliphatic carboxylic acids is 1. The number of hydrogen-bond donors (Lipinski definition) is 2. The quantitative estimate of drug-likeness (QED) is 0.753. The van der Waals surface area contributed by atoms with Gasteiger partial charge in [-0.25, -0.2) is 9.78 Å². The van der Waals surface area contributed by atoms with Gasteiger partial charge in [0.2, 0.25) is 5.13 Å². The summed E-state index contributed by atoms with van der Waals surface area (Å²) in [6.45, 7) is 2.03. The molecule has 0 aliphatic carbocycles. The van der Waals surface area contributed by atoms with Crippen LogP contribution in [0.1, 0.15) is 26.2 Å². The van der Waals surface area contributed by atoms with Crippen LogP contribution in [0.2, 0.25) is 0 Å².